The van der Waals surface area contributed by atoms with E-state index in [9.17, 15) is 4.79 Å². The zero-order chi connectivity index (χ0) is 13.8. The number of hydrogen-bond donors (Lipinski definition) is 2. The SMILES string of the molecule is COCCCNC(=O)/C(C#N)=C\NCCC(C)C. The molecule has 0 aromatic heterocycles. The highest BCUT2D eigenvalue weighted by Crippen LogP contribution is 1.97. The highest BCUT2D eigenvalue weighted by atomic mass is 16.5. The molecule has 18 heavy (non-hydrogen) atoms. The van der Waals surface area contributed by atoms with Crippen LogP contribution in [0.5, 0.6) is 0 Å². The lowest BCUT2D eigenvalue weighted by molar-refractivity contribution is -0.117. The van der Waals surface area contributed by atoms with Gasteiger partial charge in [0.1, 0.15) is 11.6 Å². The molecule has 2 N–H and O–H groups in total. The van der Waals surface area contributed by atoms with Crippen molar-refractivity contribution >= 4 is 5.91 Å². The summed E-state index contributed by atoms with van der Waals surface area (Å²) >= 11 is 0. The molecule has 0 aliphatic rings. The van der Waals surface area contributed by atoms with Crippen molar-refractivity contribution in [2.45, 2.75) is 26.7 Å². The number of nitriles is 1. The number of ether oxygens (including phenoxy) is 1. The highest BCUT2D eigenvalue weighted by Gasteiger charge is 2.07. The molecular weight excluding hydrogens is 230 g/mol. The Morgan fingerprint density at radius 2 is 2.17 bits per heavy atom. The minimum Gasteiger partial charge on any atom is -0.390 e. The first-order chi connectivity index (χ1) is 8.61. The molecule has 0 saturated carbocycles. The minimum atomic E-state index is -0.342. The first kappa shape index (κ1) is 16.5. The Balaban J connectivity index is 3.95. The smallest absolute Gasteiger partial charge is 0.263 e. The second-order valence-electron chi connectivity index (χ2n) is 4.41. The van der Waals surface area contributed by atoms with Crippen LogP contribution in [0.4, 0.5) is 0 Å². The minimum absolute atomic E-state index is 0.108. The zero-order valence-electron chi connectivity index (χ0n) is 11.5. The van der Waals surface area contributed by atoms with Crippen LogP contribution in [0.25, 0.3) is 0 Å². The van der Waals surface area contributed by atoms with E-state index >= 15 is 0 Å². The van der Waals surface area contributed by atoms with Crippen LogP contribution in [0.15, 0.2) is 11.8 Å². The van der Waals surface area contributed by atoms with Gasteiger partial charge in [0, 0.05) is 33.0 Å². The van der Waals surface area contributed by atoms with Crippen molar-refractivity contribution < 1.29 is 9.53 Å². The standard InChI is InChI=1S/C13H23N3O2/c1-11(2)5-7-15-10-12(9-14)13(17)16-6-4-8-18-3/h10-11,15H,4-8H2,1-3H3,(H,16,17)/b12-10-. The van der Waals surface area contributed by atoms with Crippen LogP contribution in [-0.2, 0) is 9.53 Å². The van der Waals surface area contributed by atoms with Crippen LogP contribution < -0.4 is 10.6 Å². The Bertz CT molecular complexity index is 306. The summed E-state index contributed by atoms with van der Waals surface area (Å²) in [6.07, 6.45) is 3.22. The van der Waals surface area contributed by atoms with Gasteiger partial charge in [-0.1, -0.05) is 13.8 Å². The number of carbonyl (C=O) groups excluding carboxylic acids is 1. The fourth-order valence-corrected chi connectivity index (χ4v) is 1.21. The van der Waals surface area contributed by atoms with E-state index in [1.165, 1.54) is 6.20 Å². The van der Waals surface area contributed by atoms with Crippen LogP contribution >= 0.6 is 0 Å². The first-order valence-corrected chi connectivity index (χ1v) is 6.22. The average molecular weight is 253 g/mol. The Kier molecular flexibility index (Phi) is 9.70. The molecule has 5 heteroatoms. The number of amides is 1. The van der Waals surface area contributed by atoms with Crippen LogP contribution in [0.2, 0.25) is 0 Å². The molecule has 0 saturated heterocycles. The largest absolute Gasteiger partial charge is 0.390 e. The maximum absolute atomic E-state index is 11.6. The summed E-state index contributed by atoms with van der Waals surface area (Å²) < 4.78 is 4.87. The van der Waals surface area contributed by atoms with Gasteiger partial charge in [-0.2, -0.15) is 5.26 Å². The number of nitrogens with zero attached hydrogens (tertiary/aromatic N) is 1. The molecule has 5 nitrogen and oxygen atoms in total. The summed E-state index contributed by atoms with van der Waals surface area (Å²) in [7, 11) is 1.61. The summed E-state index contributed by atoms with van der Waals surface area (Å²) in [6, 6.07) is 1.89. The molecule has 0 rings (SSSR count). The number of methoxy groups -OCH3 is 1. The molecule has 0 aromatic carbocycles. The van der Waals surface area contributed by atoms with Crippen molar-refractivity contribution in [3.8, 4) is 6.07 Å². The maximum Gasteiger partial charge on any atom is 0.263 e. The van der Waals surface area contributed by atoms with Crippen LogP contribution in [0, 0.1) is 17.2 Å². The third kappa shape index (κ3) is 8.59. The molecule has 1 amide bonds. The van der Waals surface area contributed by atoms with Gasteiger partial charge >= 0.3 is 0 Å². The van der Waals surface area contributed by atoms with E-state index in [4.69, 9.17) is 10.00 Å². The Morgan fingerprint density at radius 3 is 2.72 bits per heavy atom. The summed E-state index contributed by atoms with van der Waals surface area (Å²) in [6.45, 7) is 6.12. The Labute approximate surface area is 109 Å². The molecule has 0 radical (unpaired) electrons. The van der Waals surface area contributed by atoms with Gasteiger partial charge in [-0.25, -0.2) is 0 Å². The lowest BCUT2D eigenvalue weighted by atomic mass is 10.1. The third-order valence-electron chi connectivity index (χ3n) is 2.29. The van der Waals surface area contributed by atoms with Gasteiger partial charge in [0.15, 0.2) is 0 Å². The summed E-state index contributed by atoms with van der Waals surface area (Å²) in [5.41, 5.74) is 0.108. The molecular formula is C13H23N3O2. The number of nitrogens with one attached hydrogen (secondary N) is 2. The molecule has 0 unspecified atom stereocenters. The van der Waals surface area contributed by atoms with E-state index in [0.29, 0.717) is 19.1 Å². The van der Waals surface area contributed by atoms with E-state index < -0.39 is 0 Å². The van der Waals surface area contributed by atoms with Gasteiger partial charge in [0.05, 0.1) is 0 Å². The van der Waals surface area contributed by atoms with Crippen molar-refractivity contribution in [1.29, 1.82) is 5.26 Å². The lowest BCUT2D eigenvalue weighted by Crippen LogP contribution is -2.27. The second-order valence-corrected chi connectivity index (χ2v) is 4.41. The quantitative estimate of drug-likeness (QED) is 0.367. The molecule has 102 valence electrons. The monoisotopic (exact) mass is 253 g/mol. The third-order valence-corrected chi connectivity index (χ3v) is 2.29. The predicted octanol–water partition coefficient (Wildman–Crippen LogP) is 1.18. The van der Waals surface area contributed by atoms with E-state index in [1.807, 2.05) is 6.07 Å². The maximum atomic E-state index is 11.6. The van der Waals surface area contributed by atoms with Gasteiger partial charge in [0.2, 0.25) is 0 Å². The number of rotatable bonds is 9. The fourth-order valence-electron chi connectivity index (χ4n) is 1.21. The van der Waals surface area contributed by atoms with Crippen molar-refractivity contribution in [2.24, 2.45) is 5.92 Å². The summed E-state index contributed by atoms with van der Waals surface area (Å²) in [5, 5.41) is 14.5. The van der Waals surface area contributed by atoms with E-state index in [2.05, 4.69) is 24.5 Å². The Morgan fingerprint density at radius 1 is 1.44 bits per heavy atom. The van der Waals surface area contributed by atoms with Gasteiger partial charge in [-0.05, 0) is 18.8 Å². The second kappa shape index (κ2) is 10.6. The van der Waals surface area contributed by atoms with Crippen molar-refractivity contribution in [3.05, 3.63) is 11.8 Å². The van der Waals surface area contributed by atoms with Crippen LogP contribution in [0.3, 0.4) is 0 Å². The molecule has 0 aliphatic carbocycles. The molecule has 0 aromatic rings. The molecule has 0 bridgehead atoms. The van der Waals surface area contributed by atoms with Gasteiger partial charge in [-0.15, -0.1) is 0 Å². The number of carbonyl (C=O) groups is 1. The normalized spacial score (nSPS) is 11.2. The highest BCUT2D eigenvalue weighted by molar-refractivity contribution is 5.97. The molecule has 0 spiro atoms. The van der Waals surface area contributed by atoms with E-state index in [1.54, 1.807) is 7.11 Å². The Hall–Kier alpha value is -1.54. The van der Waals surface area contributed by atoms with Crippen LogP contribution in [0.1, 0.15) is 26.7 Å². The fraction of sp³-hybridized carbons (Fsp3) is 0.692. The average Bonchev–Trinajstić information content (AvgIpc) is 2.34. The van der Waals surface area contributed by atoms with E-state index in [0.717, 1.165) is 19.4 Å². The number of hydrogen-bond acceptors (Lipinski definition) is 4. The first-order valence-electron chi connectivity index (χ1n) is 6.22. The van der Waals surface area contributed by atoms with Crippen molar-refractivity contribution in [3.63, 3.8) is 0 Å². The lowest BCUT2D eigenvalue weighted by Gasteiger charge is -2.06. The molecule has 0 heterocycles. The van der Waals surface area contributed by atoms with Crippen molar-refractivity contribution in [2.75, 3.05) is 26.8 Å². The van der Waals surface area contributed by atoms with Crippen molar-refractivity contribution in [1.82, 2.24) is 10.6 Å². The van der Waals surface area contributed by atoms with Gasteiger partial charge < -0.3 is 15.4 Å². The van der Waals surface area contributed by atoms with E-state index in [-0.39, 0.29) is 11.5 Å². The molecule has 0 aliphatic heterocycles. The topological polar surface area (TPSA) is 74.1 Å². The summed E-state index contributed by atoms with van der Waals surface area (Å²) in [4.78, 5) is 11.6. The molecule has 0 atom stereocenters. The van der Waals surface area contributed by atoms with Gasteiger partial charge in [0.25, 0.3) is 5.91 Å². The predicted molar refractivity (Wildman–Crippen MR) is 70.7 cm³/mol. The zero-order valence-corrected chi connectivity index (χ0v) is 11.5. The van der Waals surface area contributed by atoms with Crippen LogP contribution in [-0.4, -0.2) is 32.7 Å². The molecule has 0 fully saturated rings. The summed E-state index contributed by atoms with van der Waals surface area (Å²) in [5.74, 6) is 0.255. The van der Waals surface area contributed by atoms with Gasteiger partial charge in [-0.3, -0.25) is 4.79 Å².